The van der Waals surface area contributed by atoms with Gasteiger partial charge in [-0.2, -0.15) is 0 Å². The second kappa shape index (κ2) is 6.07. The van der Waals surface area contributed by atoms with E-state index in [9.17, 15) is 4.79 Å². The zero-order valence-electron chi connectivity index (χ0n) is 13.6. The zero-order chi connectivity index (χ0) is 16.5. The summed E-state index contributed by atoms with van der Waals surface area (Å²) in [6.07, 6.45) is 7.30. The van der Waals surface area contributed by atoms with Gasteiger partial charge in [0.25, 0.3) is 0 Å². The monoisotopic (exact) mass is 321 g/mol. The van der Waals surface area contributed by atoms with Crippen LogP contribution in [-0.4, -0.2) is 27.3 Å². The molecule has 0 radical (unpaired) electrons. The van der Waals surface area contributed by atoms with E-state index in [1.165, 1.54) is 0 Å². The summed E-state index contributed by atoms with van der Waals surface area (Å²) in [6.45, 7) is 2.81. The van der Waals surface area contributed by atoms with Gasteiger partial charge in [0, 0.05) is 23.7 Å². The molecule has 5 heteroatoms. The van der Waals surface area contributed by atoms with E-state index >= 15 is 0 Å². The van der Waals surface area contributed by atoms with Crippen molar-refractivity contribution in [1.29, 1.82) is 0 Å². The first-order valence-electron chi connectivity index (χ1n) is 8.24. The Labute approximate surface area is 140 Å². The molecule has 0 N–H and O–H groups in total. The van der Waals surface area contributed by atoms with Gasteiger partial charge in [-0.15, -0.1) is 0 Å². The number of amides is 1. The normalized spacial score (nSPS) is 17.5. The zero-order valence-corrected chi connectivity index (χ0v) is 13.6. The van der Waals surface area contributed by atoms with Crippen molar-refractivity contribution in [2.75, 3.05) is 6.54 Å². The van der Waals surface area contributed by atoms with Crippen LogP contribution in [0.5, 0.6) is 0 Å². The highest BCUT2D eigenvalue weighted by molar-refractivity contribution is 5.88. The average Bonchev–Trinajstić information content (AvgIpc) is 3.23. The Kier molecular flexibility index (Phi) is 3.76. The summed E-state index contributed by atoms with van der Waals surface area (Å²) in [7, 11) is 0. The molecule has 24 heavy (non-hydrogen) atoms. The minimum atomic E-state index is 0.0564. The predicted molar refractivity (Wildman–Crippen MR) is 90.4 cm³/mol. The molecule has 3 aromatic rings. The predicted octanol–water partition coefficient (Wildman–Crippen LogP) is 3.44. The average molecular weight is 321 g/mol. The van der Waals surface area contributed by atoms with Crippen LogP contribution in [0.3, 0.4) is 0 Å². The van der Waals surface area contributed by atoms with Gasteiger partial charge in [0.05, 0.1) is 24.4 Å². The van der Waals surface area contributed by atoms with Crippen molar-refractivity contribution in [2.45, 2.75) is 32.2 Å². The summed E-state index contributed by atoms with van der Waals surface area (Å²) >= 11 is 0. The summed E-state index contributed by atoms with van der Waals surface area (Å²) in [4.78, 5) is 23.1. The van der Waals surface area contributed by atoms with Crippen LogP contribution in [0.25, 0.3) is 11.0 Å². The third-order valence-electron chi connectivity index (χ3n) is 4.67. The molecule has 4 rings (SSSR count). The van der Waals surface area contributed by atoms with Gasteiger partial charge in [-0.05, 0) is 37.5 Å². The molecule has 0 saturated carbocycles. The largest absolute Gasteiger partial charge is 0.464 e. The smallest absolute Gasteiger partial charge is 0.227 e. The molecule has 1 amide bonds. The summed E-state index contributed by atoms with van der Waals surface area (Å²) in [5.41, 5.74) is 3.86. The first kappa shape index (κ1) is 14.9. The van der Waals surface area contributed by atoms with Gasteiger partial charge >= 0.3 is 0 Å². The van der Waals surface area contributed by atoms with E-state index < -0.39 is 0 Å². The molecule has 122 valence electrons. The van der Waals surface area contributed by atoms with Gasteiger partial charge in [0.1, 0.15) is 11.9 Å². The van der Waals surface area contributed by atoms with Crippen molar-refractivity contribution in [3.63, 3.8) is 0 Å². The van der Waals surface area contributed by atoms with E-state index in [0.29, 0.717) is 6.42 Å². The van der Waals surface area contributed by atoms with Gasteiger partial charge in [-0.1, -0.05) is 12.1 Å². The van der Waals surface area contributed by atoms with Crippen molar-refractivity contribution in [2.24, 2.45) is 0 Å². The molecule has 0 bridgehead atoms. The van der Waals surface area contributed by atoms with Crippen LogP contribution in [-0.2, 0) is 11.2 Å². The number of rotatable bonds is 3. The highest BCUT2D eigenvalue weighted by atomic mass is 16.3. The Balaban J connectivity index is 1.57. The standard InChI is InChI=1S/C19H19N3O2/c1-13-4-5-15-14(11-24-18(15)9-13)10-19(23)22-8-2-3-17(22)16-6-7-20-12-21-16/h4-7,9,11-12,17H,2-3,8,10H2,1H3. The van der Waals surface area contributed by atoms with Crippen molar-refractivity contribution in [3.05, 3.63) is 59.9 Å². The lowest BCUT2D eigenvalue weighted by Gasteiger charge is -2.24. The lowest BCUT2D eigenvalue weighted by atomic mass is 10.1. The van der Waals surface area contributed by atoms with Crippen molar-refractivity contribution in [3.8, 4) is 0 Å². The molecule has 1 aliphatic rings. The summed E-state index contributed by atoms with van der Waals surface area (Å²) in [5.74, 6) is 0.124. The van der Waals surface area contributed by atoms with Crippen LogP contribution in [0, 0.1) is 6.92 Å². The topological polar surface area (TPSA) is 59.2 Å². The highest BCUT2D eigenvalue weighted by Crippen LogP contribution is 2.32. The summed E-state index contributed by atoms with van der Waals surface area (Å²) in [6, 6.07) is 8.03. The Bertz CT molecular complexity index is 873. The fraction of sp³-hybridized carbons (Fsp3) is 0.316. The van der Waals surface area contributed by atoms with Crippen LogP contribution < -0.4 is 0 Å². The van der Waals surface area contributed by atoms with Crippen LogP contribution in [0.2, 0.25) is 0 Å². The molecule has 3 heterocycles. The Hall–Kier alpha value is -2.69. The van der Waals surface area contributed by atoms with E-state index in [-0.39, 0.29) is 11.9 Å². The van der Waals surface area contributed by atoms with Crippen LogP contribution in [0.4, 0.5) is 0 Å². The summed E-state index contributed by atoms with van der Waals surface area (Å²) < 4.78 is 5.61. The quantitative estimate of drug-likeness (QED) is 0.741. The number of carbonyl (C=O) groups is 1. The van der Waals surface area contributed by atoms with E-state index in [2.05, 4.69) is 9.97 Å². The minimum absolute atomic E-state index is 0.0564. The lowest BCUT2D eigenvalue weighted by molar-refractivity contribution is -0.131. The first-order valence-corrected chi connectivity index (χ1v) is 8.24. The van der Waals surface area contributed by atoms with E-state index in [1.807, 2.05) is 36.1 Å². The second-order valence-corrected chi connectivity index (χ2v) is 6.32. The molecule has 1 fully saturated rings. The molecule has 1 aliphatic heterocycles. The second-order valence-electron chi connectivity index (χ2n) is 6.32. The van der Waals surface area contributed by atoms with Gasteiger partial charge in [-0.3, -0.25) is 4.79 Å². The fourth-order valence-corrected chi connectivity index (χ4v) is 3.46. The van der Waals surface area contributed by atoms with Crippen molar-refractivity contribution >= 4 is 16.9 Å². The Morgan fingerprint density at radius 3 is 3.12 bits per heavy atom. The third-order valence-corrected chi connectivity index (χ3v) is 4.67. The summed E-state index contributed by atoms with van der Waals surface area (Å²) in [5, 5.41) is 1.02. The highest BCUT2D eigenvalue weighted by Gasteiger charge is 2.31. The number of hydrogen-bond donors (Lipinski definition) is 0. The Morgan fingerprint density at radius 2 is 2.29 bits per heavy atom. The van der Waals surface area contributed by atoms with Crippen LogP contribution in [0.15, 0.2) is 47.5 Å². The number of nitrogens with zero attached hydrogens (tertiary/aromatic N) is 3. The molecule has 1 atom stereocenters. The van der Waals surface area contributed by atoms with Gasteiger partial charge in [0.2, 0.25) is 5.91 Å². The number of likely N-dealkylation sites (tertiary alicyclic amines) is 1. The maximum atomic E-state index is 12.8. The number of carbonyl (C=O) groups excluding carboxylic acids is 1. The third kappa shape index (κ3) is 2.66. The molecule has 5 nitrogen and oxygen atoms in total. The van der Waals surface area contributed by atoms with Crippen LogP contribution >= 0.6 is 0 Å². The first-order chi connectivity index (χ1) is 11.7. The SMILES string of the molecule is Cc1ccc2c(CC(=O)N3CCCC3c3ccncn3)coc2c1. The number of benzene rings is 1. The Morgan fingerprint density at radius 1 is 1.38 bits per heavy atom. The molecule has 2 aromatic heterocycles. The minimum Gasteiger partial charge on any atom is -0.464 e. The molecule has 1 saturated heterocycles. The molecule has 1 unspecified atom stereocenters. The number of aromatic nitrogens is 2. The molecule has 0 spiro atoms. The molecular weight excluding hydrogens is 302 g/mol. The molecular formula is C19H19N3O2. The maximum Gasteiger partial charge on any atom is 0.227 e. The van der Waals surface area contributed by atoms with E-state index in [1.54, 1.807) is 18.8 Å². The fourth-order valence-electron chi connectivity index (χ4n) is 3.46. The van der Waals surface area contributed by atoms with Gasteiger partial charge in [-0.25, -0.2) is 9.97 Å². The van der Waals surface area contributed by atoms with E-state index in [4.69, 9.17) is 4.42 Å². The number of aryl methyl sites for hydroxylation is 1. The molecule has 1 aromatic carbocycles. The van der Waals surface area contributed by atoms with Crippen molar-refractivity contribution in [1.82, 2.24) is 14.9 Å². The number of furan rings is 1. The maximum absolute atomic E-state index is 12.8. The molecule has 0 aliphatic carbocycles. The van der Waals surface area contributed by atoms with Crippen molar-refractivity contribution < 1.29 is 9.21 Å². The van der Waals surface area contributed by atoms with Crippen LogP contribution in [0.1, 0.15) is 35.7 Å². The van der Waals surface area contributed by atoms with Gasteiger partial charge < -0.3 is 9.32 Å². The van der Waals surface area contributed by atoms with Gasteiger partial charge in [0.15, 0.2) is 0 Å². The van der Waals surface area contributed by atoms with E-state index in [0.717, 1.165) is 47.2 Å². The number of hydrogen-bond acceptors (Lipinski definition) is 4. The lowest BCUT2D eigenvalue weighted by Crippen LogP contribution is -2.32. The number of fused-ring (bicyclic) bond motifs is 1.